The molecule has 0 bridgehead atoms. The number of ether oxygens (including phenoxy) is 1. The molecule has 1 nitrogen and oxygen atoms in total. The van der Waals surface area contributed by atoms with Crippen molar-refractivity contribution in [2.75, 3.05) is 0 Å². The average Bonchev–Trinajstić information content (AvgIpc) is 2.88. The Labute approximate surface area is 208 Å². The quantitative estimate of drug-likeness (QED) is 0.208. The van der Waals surface area contributed by atoms with Crippen LogP contribution in [0, 0.1) is 7.14 Å². The number of rotatable bonds is 7. The Balaban J connectivity index is 1.32. The van der Waals surface area contributed by atoms with Gasteiger partial charge in [-0.15, -0.1) is 0 Å². The first-order valence-corrected chi connectivity index (χ1v) is 14.2. The van der Waals surface area contributed by atoms with Gasteiger partial charge in [-0.05, 0) is 84.9 Å². The zero-order valence-corrected chi connectivity index (χ0v) is 20.9. The van der Waals surface area contributed by atoms with Crippen molar-refractivity contribution < 1.29 is 25.9 Å². The van der Waals surface area contributed by atoms with Crippen LogP contribution in [0.5, 0.6) is 11.5 Å². The summed E-state index contributed by atoms with van der Waals surface area (Å²) >= 11 is -0.156. The molecule has 0 aliphatic heterocycles. The van der Waals surface area contributed by atoms with Crippen LogP contribution in [0.25, 0.3) is 0 Å². The average molecular weight is 558 g/mol. The molecule has 0 saturated carbocycles. The van der Waals surface area contributed by atoms with E-state index in [1.54, 1.807) is 0 Å². The van der Waals surface area contributed by atoms with Gasteiger partial charge in [-0.2, -0.15) is 0 Å². The molecule has 3 heteroatoms. The Morgan fingerprint density at radius 3 is 1.30 bits per heavy atom. The molecular formula is C30H23IOS+2. The van der Waals surface area contributed by atoms with Gasteiger partial charge in [0.15, 0.2) is 21.8 Å². The molecular weight excluding hydrogens is 535 g/mol. The molecule has 0 unspecified atom stereocenters. The molecule has 0 radical (unpaired) electrons. The fraction of sp³-hybridized carbons (Fsp3) is 0. The van der Waals surface area contributed by atoms with Crippen molar-refractivity contribution in [2.24, 2.45) is 0 Å². The Kier molecular flexibility index (Phi) is 7.09. The van der Waals surface area contributed by atoms with Crippen LogP contribution in [0.4, 0.5) is 0 Å². The summed E-state index contributed by atoms with van der Waals surface area (Å²) in [6.45, 7) is 0. The van der Waals surface area contributed by atoms with Gasteiger partial charge in [0.2, 0.25) is 0 Å². The van der Waals surface area contributed by atoms with E-state index in [4.69, 9.17) is 4.74 Å². The van der Waals surface area contributed by atoms with Crippen LogP contribution in [0.3, 0.4) is 0 Å². The van der Waals surface area contributed by atoms with Crippen molar-refractivity contribution in [2.45, 2.75) is 14.7 Å². The Morgan fingerprint density at radius 2 is 0.788 bits per heavy atom. The van der Waals surface area contributed by atoms with E-state index in [1.165, 1.54) is 21.8 Å². The van der Waals surface area contributed by atoms with Gasteiger partial charge in [0, 0.05) is 0 Å². The molecule has 0 fully saturated rings. The molecule has 0 amide bonds. The first-order valence-electron chi connectivity index (χ1n) is 10.8. The molecule has 0 atom stereocenters. The number of benzene rings is 5. The first-order chi connectivity index (χ1) is 16.3. The fourth-order valence-electron chi connectivity index (χ4n) is 3.47. The van der Waals surface area contributed by atoms with Crippen molar-refractivity contribution in [3.63, 3.8) is 0 Å². The zero-order chi connectivity index (χ0) is 22.3. The molecule has 0 aliphatic carbocycles. The molecule has 0 saturated heterocycles. The lowest BCUT2D eigenvalue weighted by Crippen LogP contribution is -3.61. The highest BCUT2D eigenvalue weighted by atomic mass is 127. The smallest absolute Gasteiger partial charge is 0.357 e. The number of hydrogen-bond acceptors (Lipinski definition) is 1. The molecule has 33 heavy (non-hydrogen) atoms. The largest absolute Gasteiger partial charge is 0.457 e. The van der Waals surface area contributed by atoms with Crippen LogP contribution in [0.2, 0.25) is 0 Å². The van der Waals surface area contributed by atoms with Crippen LogP contribution >= 0.6 is 0 Å². The second kappa shape index (κ2) is 10.7. The van der Waals surface area contributed by atoms with E-state index in [1.807, 2.05) is 0 Å². The molecule has 0 heterocycles. The first kappa shape index (κ1) is 21.8. The summed E-state index contributed by atoms with van der Waals surface area (Å²) in [6.07, 6.45) is 0. The highest BCUT2D eigenvalue weighted by molar-refractivity contribution is 7.97. The summed E-state index contributed by atoms with van der Waals surface area (Å²) in [4.78, 5) is 3.91. The van der Waals surface area contributed by atoms with E-state index < -0.39 is 0 Å². The third-order valence-electron chi connectivity index (χ3n) is 5.02. The maximum Gasteiger partial charge on any atom is 0.357 e. The zero-order valence-electron chi connectivity index (χ0n) is 18.0. The van der Waals surface area contributed by atoms with Gasteiger partial charge < -0.3 is 4.74 Å². The van der Waals surface area contributed by atoms with E-state index >= 15 is 0 Å². The van der Waals surface area contributed by atoms with Gasteiger partial charge in [-0.1, -0.05) is 54.6 Å². The van der Waals surface area contributed by atoms with Crippen molar-refractivity contribution in [3.05, 3.63) is 147 Å². The molecule has 0 aromatic heterocycles. The predicted octanol–water partition coefficient (Wildman–Crippen LogP) is 4.70. The Morgan fingerprint density at radius 1 is 0.394 bits per heavy atom. The molecule has 5 rings (SSSR count). The topological polar surface area (TPSA) is 9.23 Å². The minimum absolute atomic E-state index is 0.144. The van der Waals surface area contributed by atoms with Crippen molar-refractivity contribution in [3.8, 4) is 11.5 Å². The summed E-state index contributed by atoms with van der Waals surface area (Å²) in [5.41, 5.74) is 0. The number of hydrogen-bond donors (Lipinski definition) is 0. The van der Waals surface area contributed by atoms with Gasteiger partial charge in [-0.25, -0.2) is 0 Å². The lowest BCUT2D eigenvalue weighted by atomic mass is 10.3. The van der Waals surface area contributed by atoms with E-state index in [0.717, 1.165) is 11.5 Å². The molecule has 0 aliphatic rings. The molecule has 160 valence electrons. The lowest BCUT2D eigenvalue weighted by Gasteiger charge is -2.09. The third-order valence-corrected chi connectivity index (χ3v) is 9.93. The van der Waals surface area contributed by atoms with Crippen molar-refractivity contribution >= 4 is 10.9 Å². The molecule has 5 aromatic carbocycles. The van der Waals surface area contributed by atoms with E-state index in [9.17, 15) is 0 Å². The van der Waals surface area contributed by atoms with E-state index in [2.05, 4.69) is 140 Å². The Hall–Kier alpha value is -3.02. The SMILES string of the molecule is c1ccc([I+]c2ccc(Oc3ccc([S+](c4ccccc4)c4ccccc4)cc3)cc2)cc1. The van der Waals surface area contributed by atoms with Crippen molar-refractivity contribution in [1.82, 2.24) is 0 Å². The van der Waals surface area contributed by atoms with Gasteiger partial charge in [0.1, 0.15) is 11.5 Å². The summed E-state index contributed by atoms with van der Waals surface area (Å²) in [5.74, 6) is 1.72. The minimum atomic E-state index is -0.156. The highest BCUT2D eigenvalue weighted by Crippen LogP contribution is 2.32. The third kappa shape index (κ3) is 5.67. The number of halogens is 1. The van der Waals surface area contributed by atoms with E-state index in [-0.39, 0.29) is 32.1 Å². The van der Waals surface area contributed by atoms with Crippen molar-refractivity contribution in [1.29, 1.82) is 0 Å². The van der Waals surface area contributed by atoms with Gasteiger partial charge in [0.25, 0.3) is 0 Å². The maximum atomic E-state index is 6.15. The summed E-state index contributed by atoms with van der Waals surface area (Å²) < 4.78 is 8.96. The normalized spacial score (nSPS) is 10.8. The van der Waals surface area contributed by atoms with Crippen LogP contribution in [0.1, 0.15) is 0 Å². The molecule has 5 aromatic rings. The van der Waals surface area contributed by atoms with Gasteiger partial charge in [-0.3, -0.25) is 0 Å². The summed E-state index contributed by atoms with van der Waals surface area (Å²) in [7, 11) is -0.144. The minimum Gasteiger partial charge on any atom is -0.457 e. The fourth-order valence-corrected chi connectivity index (χ4v) is 7.77. The monoisotopic (exact) mass is 558 g/mol. The van der Waals surface area contributed by atoms with Crippen LogP contribution in [-0.2, 0) is 10.9 Å². The van der Waals surface area contributed by atoms with Crippen LogP contribution in [0.15, 0.2) is 154 Å². The standard InChI is InChI=1S/C30H23IOS/c1-4-10-24(11-5-1)31-25-16-18-26(19-17-25)32-27-20-22-30(23-21-27)33(28-12-6-2-7-13-28)29-14-8-3-9-15-29/h1-23H/q+2. The molecule has 0 spiro atoms. The van der Waals surface area contributed by atoms with E-state index in [0.29, 0.717) is 0 Å². The summed E-state index contributed by atoms with van der Waals surface area (Å²) in [6, 6.07) is 49.2. The highest BCUT2D eigenvalue weighted by Gasteiger charge is 2.28. The van der Waals surface area contributed by atoms with Gasteiger partial charge in [0.05, 0.1) is 10.9 Å². The maximum absolute atomic E-state index is 6.15. The second-order valence-electron chi connectivity index (χ2n) is 7.35. The second-order valence-corrected chi connectivity index (χ2v) is 12.4. The van der Waals surface area contributed by atoms with Crippen LogP contribution in [-0.4, -0.2) is 0 Å². The van der Waals surface area contributed by atoms with Gasteiger partial charge >= 0.3 is 21.2 Å². The molecule has 0 N–H and O–H groups in total. The summed E-state index contributed by atoms with van der Waals surface area (Å²) in [5, 5.41) is 0. The predicted molar refractivity (Wildman–Crippen MR) is 132 cm³/mol. The van der Waals surface area contributed by atoms with Crippen LogP contribution < -0.4 is 25.9 Å². The Bertz CT molecular complexity index is 1230. The lowest BCUT2D eigenvalue weighted by molar-refractivity contribution is -0.597.